The molecular weight excluding hydrogens is 297 g/mol. The van der Waals surface area contributed by atoms with Crippen molar-refractivity contribution in [1.82, 2.24) is 10.2 Å². The number of carbonyl (C=O) groups excluding carboxylic acids is 1. The number of carbonyl (C=O) groups is 1. The molecule has 2 N–H and O–H groups in total. The van der Waals surface area contributed by atoms with Gasteiger partial charge in [0, 0.05) is 18.8 Å². The van der Waals surface area contributed by atoms with Crippen LogP contribution in [0, 0.1) is 0 Å². The van der Waals surface area contributed by atoms with Crippen LogP contribution in [0.15, 0.2) is 18.2 Å². The third-order valence-electron chi connectivity index (χ3n) is 3.30. The summed E-state index contributed by atoms with van der Waals surface area (Å²) in [5.41, 5.74) is 0.638. The van der Waals surface area contributed by atoms with Crippen LogP contribution in [0.25, 0.3) is 0 Å². The van der Waals surface area contributed by atoms with Crippen LogP contribution in [0.3, 0.4) is 0 Å². The summed E-state index contributed by atoms with van der Waals surface area (Å²) in [7, 11) is 0. The van der Waals surface area contributed by atoms with Crippen LogP contribution >= 0.6 is 23.2 Å². The molecule has 1 aliphatic rings. The first-order chi connectivity index (χ1) is 9.58. The van der Waals surface area contributed by atoms with Gasteiger partial charge in [-0.05, 0) is 31.2 Å². The van der Waals surface area contributed by atoms with Gasteiger partial charge in [0.2, 0.25) is 0 Å². The Balaban J connectivity index is 1.72. The summed E-state index contributed by atoms with van der Waals surface area (Å²) in [4.78, 5) is 14.2. The Hall–Kier alpha value is -0.970. The number of nitrogens with one attached hydrogen (secondary N) is 2. The third-order valence-corrected chi connectivity index (χ3v) is 4.04. The second-order valence-corrected chi connectivity index (χ2v) is 5.85. The zero-order valence-electron chi connectivity index (χ0n) is 11.5. The smallest absolute Gasteiger partial charge is 0.319 e. The van der Waals surface area contributed by atoms with Gasteiger partial charge < -0.3 is 10.6 Å². The van der Waals surface area contributed by atoms with Crippen molar-refractivity contribution in [2.24, 2.45) is 0 Å². The van der Waals surface area contributed by atoms with E-state index in [-0.39, 0.29) is 12.1 Å². The molecule has 4 nitrogen and oxygen atoms in total. The number of unbranched alkanes of at least 4 members (excludes halogenated alkanes) is 1. The highest BCUT2D eigenvalue weighted by Gasteiger charge is 2.27. The fourth-order valence-corrected chi connectivity index (χ4v) is 2.45. The highest BCUT2D eigenvalue weighted by molar-refractivity contribution is 6.42. The molecular formula is C14H19Cl2N3O. The topological polar surface area (TPSA) is 44.4 Å². The van der Waals surface area contributed by atoms with E-state index < -0.39 is 0 Å². The summed E-state index contributed by atoms with van der Waals surface area (Å²) < 4.78 is 0. The molecule has 110 valence electrons. The molecule has 1 aromatic rings. The monoisotopic (exact) mass is 315 g/mol. The quantitative estimate of drug-likeness (QED) is 0.872. The van der Waals surface area contributed by atoms with E-state index in [1.165, 1.54) is 12.8 Å². The molecule has 20 heavy (non-hydrogen) atoms. The third kappa shape index (κ3) is 4.27. The minimum absolute atomic E-state index is 0.205. The van der Waals surface area contributed by atoms with Crippen molar-refractivity contribution in [2.75, 3.05) is 25.0 Å². The molecule has 0 unspecified atom stereocenters. The molecule has 0 bridgehead atoms. The van der Waals surface area contributed by atoms with Gasteiger partial charge in [-0.2, -0.15) is 0 Å². The standard InChI is InChI=1S/C14H19Cl2N3O/c1-2-3-6-19-8-11(9-19)18-14(20)17-10-4-5-12(15)13(16)7-10/h4-5,7,11H,2-3,6,8-9H2,1H3,(H2,17,18,20). The number of amides is 2. The number of rotatable bonds is 5. The Labute approximate surface area is 129 Å². The van der Waals surface area contributed by atoms with Gasteiger partial charge in [-0.3, -0.25) is 4.90 Å². The summed E-state index contributed by atoms with van der Waals surface area (Å²) in [5.74, 6) is 0. The molecule has 0 spiro atoms. The second-order valence-electron chi connectivity index (χ2n) is 5.04. The Bertz CT molecular complexity index is 475. The number of halogens is 2. The van der Waals surface area contributed by atoms with Crippen LogP contribution < -0.4 is 10.6 Å². The highest BCUT2D eigenvalue weighted by Crippen LogP contribution is 2.24. The summed E-state index contributed by atoms with van der Waals surface area (Å²) in [5, 5.41) is 6.60. The van der Waals surface area contributed by atoms with Crippen LogP contribution in [-0.2, 0) is 0 Å². The minimum atomic E-state index is -0.205. The molecule has 0 saturated carbocycles. The largest absolute Gasteiger partial charge is 0.333 e. The zero-order chi connectivity index (χ0) is 14.5. The molecule has 2 rings (SSSR count). The molecule has 1 heterocycles. The molecule has 2 amide bonds. The Morgan fingerprint density at radius 3 is 2.75 bits per heavy atom. The average molecular weight is 316 g/mol. The highest BCUT2D eigenvalue weighted by atomic mass is 35.5. The van der Waals surface area contributed by atoms with E-state index in [1.54, 1.807) is 18.2 Å². The molecule has 1 fully saturated rings. The van der Waals surface area contributed by atoms with Gasteiger partial charge in [0.05, 0.1) is 16.1 Å². The van der Waals surface area contributed by atoms with Crippen molar-refractivity contribution in [3.05, 3.63) is 28.2 Å². The van der Waals surface area contributed by atoms with E-state index in [1.807, 2.05) is 0 Å². The maximum absolute atomic E-state index is 11.8. The van der Waals surface area contributed by atoms with Crippen molar-refractivity contribution in [3.8, 4) is 0 Å². The van der Waals surface area contributed by atoms with Gasteiger partial charge in [0.1, 0.15) is 0 Å². The van der Waals surface area contributed by atoms with Crippen LogP contribution in [0.1, 0.15) is 19.8 Å². The summed E-state index contributed by atoms with van der Waals surface area (Å²) >= 11 is 11.7. The van der Waals surface area contributed by atoms with Gasteiger partial charge in [-0.1, -0.05) is 36.5 Å². The predicted octanol–water partition coefficient (Wildman–Crippen LogP) is 3.60. The van der Waals surface area contributed by atoms with E-state index in [4.69, 9.17) is 23.2 Å². The van der Waals surface area contributed by atoms with E-state index in [2.05, 4.69) is 22.5 Å². The normalized spacial score (nSPS) is 15.8. The molecule has 6 heteroatoms. The maximum atomic E-state index is 11.8. The lowest BCUT2D eigenvalue weighted by Crippen LogP contribution is -2.59. The number of nitrogens with zero attached hydrogens (tertiary/aromatic N) is 1. The van der Waals surface area contributed by atoms with Crippen LogP contribution in [0.2, 0.25) is 10.0 Å². The van der Waals surface area contributed by atoms with Crippen molar-refractivity contribution >= 4 is 34.9 Å². The predicted molar refractivity (Wildman–Crippen MR) is 83.8 cm³/mol. The number of anilines is 1. The fraction of sp³-hybridized carbons (Fsp3) is 0.500. The minimum Gasteiger partial charge on any atom is -0.333 e. The van der Waals surface area contributed by atoms with E-state index in [0.717, 1.165) is 19.6 Å². The van der Waals surface area contributed by atoms with Crippen molar-refractivity contribution < 1.29 is 4.79 Å². The number of urea groups is 1. The first-order valence-electron chi connectivity index (χ1n) is 6.83. The second kappa shape index (κ2) is 7.16. The maximum Gasteiger partial charge on any atom is 0.319 e. The van der Waals surface area contributed by atoms with Gasteiger partial charge in [-0.25, -0.2) is 4.79 Å². The molecule has 0 aromatic heterocycles. The van der Waals surface area contributed by atoms with E-state index in [9.17, 15) is 4.79 Å². The number of likely N-dealkylation sites (tertiary alicyclic amines) is 1. The molecule has 1 aliphatic heterocycles. The van der Waals surface area contributed by atoms with Crippen LogP contribution in [0.4, 0.5) is 10.5 Å². The SMILES string of the molecule is CCCCN1CC(NC(=O)Nc2ccc(Cl)c(Cl)c2)C1. The Kier molecular flexibility index (Phi) is 5.52. The number of hydrogen-bond acceptors (Lipinski definition) is 2. The van der Waals surface area contributed by atoms with Crippen LogP contribution in [0.5, 0.6) is 0 Å². The lowest BCUT2D eigenvalue weighted by molar-refractivity contribution is 0.130. The van der Waals surface area contributed by atoms with Crippen molar-refractivity contribution in [1.29, 1.82) is 0 Å². The average Bonchev–Trinajstić information content (AvgIpc) is 2.36. The molecule has 1 aromatic carbocycles. The summed E-state index contributed by atoms with van der Waals surface area (Å²) in [6, 6.07) is 5.05. The number of hydrogen-bond donors (Lipinski definition) is 2. The first-order valence-corrected chi connectivity index (χ1v) is 7.59. The van der Waals surface area contributed by atoms with Gasteiger partial charge >= 0.3 is 6.03 Å². The lowest BCUT2D eigenvalue weighted by atomic mass is 10.1. The molecule has 1 saturated heterocycles. The molecule has 0 aliphatic carbocycles. The van der Waals surface area contributed by atoms with E-state index >= 15 is 0 Å². The first kappa shape index (κ1) is 15.4. The lowest BCUT2D eigenvalue weighted by Gasteiger charge is -2.39. The fourth-order valence-electron chi connectivity index (χ4n) is 2.15. The Morgan fingerprint density at radius 2 is 2.10 bits per heavy atom. The van der Waals surface area contributed by atoms with Gasteiger partial charge in [-0.15, -0.1) is 0 Å². The summed E-state index contributed by atoms with van der Waals surface area (Å²) in [6.07, 6.45) is 2.41. The van der Waals surface area contributed by atoms with Crippen molar-refractivity contribution in [3.63, 3.8) is 0 Å². The molecule has 0 atom stereocenters. The van der Waals surface area contributed by atoms with Gasteiger partial charge in [0.15, 0.2) is 0 Å². The van der Waals surface area contributed by atoms with Crippen LogP contribution in [-0.4, -0.2) is 36.6 Å². The van der Waals surface area contributed by atoms with Gasteiger partial charge in [0.25, 0.3) is 0 Å². The zero-order valence-corrected chi connectivity index (χ0v) is 13.0. The van der Waals surface area contributed by atoms with Crippen molar-refractivity contribution in [2.45, 2.75) is 25.8 Å². The molecule has 0 radical (unpaired) electrons. The van der Waals surface area contributed by atoms with E-state index in [0.29, 0.717) is 15.7 Å². The Morgan fingerprint density at radius 1 is 1.35 bits per heavy atom. The number of benzene rings is 1. The summed E-state index contributed by atoms with van der Waals surface area (Å²) in [6.45, 7) is 5.15.